The Kier molecular flexibility index (Phi) is 3.83. The molecule has 0 unspecified atom stereocenters. The summed E-state index contributed by atoms with van der Waals surface area (Å²) in [6.45, 7) is 4.28. The molecule has 0 radical (unpaired) electrons. The van der Waals surface area contributed by atoms with Crippen LogP contribution in [0.5, 0.6) is 11.5 Å². The van der Waals surface area contributed by atoms with Crippen molar-refractivity contribution in [2.75, 3.05) is 0 Å². The maximum absolute atomic E-state index is 9.62. The molecule has 3 rings (SSSR count). The molecular weight excluding hydrogens is 284 g/mol. The van der Waals surface area contributed by atoms with Crippen molar-refractivity contribution in [3.05, 3.63) is 95.1 Å². The van der Waals surface area contributed by atoms with Crippen molar-refractivity contribution in [1.29, 1.82) is 0 Å². The fourth-order valence-electron chi connectivity index (χ4n) is 3.20. The smallest absolute Gasteiger partial charge is 0.115 e. The van der Waals surface area contributed by atoms with Crippen LogP contribution in [0.15, 0.2) is 72.8 Å². The molecule has 0 spiro atoms. The quantitative estimate of drug-likeness (QED) is 0.685. The first-order valence-electron chi connectivity index (χ1n) is 7.67. The molecule has 23 heavy (non-hydrogen) atoms. The Morgan fingerprint density at radius 3 is 1.52 bits per heavy atom. The van der Waals surface area contributed by atoms with E-state index in [2.05, 4.69) is 26.0 Å². The zero-order valence-corrected chi connectivity index (χ0v) is 13.3. The summed E-state index contributed by atoms with van der Waals surface area (Å²) < 4.78 is 0. The minimum atomic E-state index is -0.368. The van der Waals surface area contributed by atoms with Crippen LogP contribution in [-0.4, -0.2) is 10.2 Å². The second-order valence-corrected chi connectivity index (χ2v) is 6.03. The van der Waals surface area contributed by atoms with Crippen LogP contribution in [0.4, 0.5) is 0 Å². The highest BCUT2D eigenvalue weighted by Crippen LogP contribution is 2.41. The molecule has 2 N–H and O–H groups in total. The van der Waals surface area contributed by atoms with Gasteiger partial charge in [-0.3, -0.25) is 0 Å². The van der Waals surface area contributed by atoms with Gasteiger partial charge in [0.2, 0.25) is 0 Å². The number of hydrogen-bond acceptors (Lipinski definition) is 2. The van der Waals surface area contributed by atoms with E-state index in [4.69, 9.17) is 0 Å². The van der Waals surface area contributed by atoms with Gasteiger partial charge in [-0.05, 0) is 60.4 Å². The molecular formula is C21H20O2. The number of rotatable bonds is 3. The first-order chi connectivity index (χ1) is 11.0. The van der Waals surface area contributed by atoms with Crippen LogP contribution >= 0.6 is 0 Å². The average Bonchev–Trinajstić information content (AvgIpc) is 2.56. The third-order valence-electron chi connectivity index (χ3n) is 4.57. The highest BCUT2D eigenvalue weighted by atomic mass is 16.3. The van der Waals surface area contributed by atoms with E-state index >= 15 is 0 Å². The summed E-state index contributed by atoms with van der Waals surface area (Å²) in [5, 5.41) is 19.2. The van der Waals surface area contributed by atoms with Crippen LogP contribution in [-0.2, 0) is 5.41 Å². The molecule has 0 aliphatic heterocycles. The van der Waals surface area contributed by atoms with Crippen molar-refractivity contribution in [1.82, 2.24) is 0 Å². The van der Waals surface area contributed by atoms with Gasteiger partial charge in [0.15, 0.2) is 0 Å². The lowest BCUT2D eigenvalue weighted by Gasteiger charge is -2.33. The maximum atomic E-state index is 9.62. The summed E-state index contributed by atoms with van der Waals surface area (Å²) in [7, 11) is 0. The largest absolute Gasteiger partial charge is 0.508 e. The van der Waals surface area contributed by atoms with E-state index in [0.717, 1.165) is 11.1 Å². The molecule has 0 fully saturated rings. The molecule has 2 heteroatoms. The highest BCUT2D eigenvalue weighted by molar-refractivity contribution is 5.53. The summed E-state index contributed by atoms with van der Waals surface area (Å²) >= 11 is 0. The molecule has 0 aliphatic rings. The summed E-state index contributed by atoms with van der Waals surface area (Å²) in [5.41, 5.74) is 4.23. The SMILES string of the molecule is Cc1ccccc1C(C)(c1ccc(O)cc1)c1ccc(O)cc1. The molecule has 0 aromatic heterocycles. The van der Waals surface area contributed by atoms with E-state index in [9.17, 15) is 10.2 Å². The Bertz CT molecular complexity index is 757. The van der Waals surface area contributed by atoms with E-state index in [1.807, 2.05) is 36.4 Å². The Hall–Kier alpha value is -2.74. The van der Waals surface area contributed by atoms with Crippen LogP contribution < -0.4 is 0 Å². The number of aryl methyl sites for hydroxylation is 1. The fraction of sp³-hybridized carbons (Fsp3) is 0.143. The second-order valence-electron chi connectivity index (χ2n) is 6.03. The Morgan fingerprint density at radius 2 is 1.09 bits per heavy atom. The van der Waals surface area contributed by atoms with Crippen LogP contribution in [0.3, 0.4) is 0 Å². The number of phenolic OH excluding ortho intramolecular Hbond substituents is 2. The Morgan fingerprint density at radius 1 is 0.652 bits per heavy atom. The monoisotopic (exact) mass is 304 g/mol. The van der Waals surface area contributed by atoms with E-state index in [1.165, 1.54) is 11.1 Å². The topological polar surface area (TPSA) is 40.5 Å². The van der Waals surface area contributed by atoms with Crippen LogP contribution in [0.2, 0.25) is 0 Å². The standard InChI is InChI=1S/C21H20O2/c1-15-5-3-4-6-20(15)21(2,16-7-11-18(22)12-8-16)17-9-13-19(23)14-10-17/h3-14,22-23H,1-2H3. The van der Waals surface area contributed by atoms with Crippen molar-refractivity contribution >= 4 is 0 Å². The summed E-state index contributed by atoms with van der Waals surface area (Å²) in [6.07, 6.45) is 0. The van der Waals surface area contributed by atoms with Crippen molar-refractivity contribution in [3.63, 3.8) is 0 Å². The second kappa shape index (κ2) is 5.81. The van der Waals surface area contributed by atoms with Gasteiger partial charge in [0.25, 0.3) is 0 Å². The first kappa shape index (κ1) is 15.2. The van der Waals surface area contributed by atoms with E-state index < -0.39 is 0 Å². The molecule has 2 nitrogen and oxygen atoms in total. The fourth-order valence-corrected chi connectivity index (χ4v) is 3.20. The minimum absolute atomic E-state index is 0.256. The molecule has 0 heterocycles. The summed E-state index contributed by atoms with van der Waals surface area (Å²) in [5.74, 6) is 0.512. The van der Waals surface area contributed by atoms with Gasteiger partial charge in [-0.1, -0.05) is 48.5 Å². The van der Waals surface area contributed by atoms with Crippen LogP contribution in [0, 0.1) is 6.92 Å². The predicted octanol–water partition coefficient (Wildman–Crippen LogP) is 4.76. The van der Waals surface area contributed by atoms with Gasteiger partial charge in [-0.15, -0.1) is 0 Å². The molecule has 3 aromatic rings. The third-order valence-corrected chi connectivity index (χ3v) is 4.57. The maximum Gasteiger partial charge on any atom is 0.115 e. The highest BCUT2D eigenvalue weighted by Gasteiger charge is 2.32. The van der Waals surface area contributed by atoms with Gasteiger partial charge < -0.3 is 10.2 Å². The van der Waals surface area contributed by atoms with E-state index in [0.29, 0.717) is 0 Å². The van der Waals surface area contributed by atoms with E-state index in [1.54, 1.807) is 24.3 Å². The molecule has 3 aromatic carbocycles. The Labute approximate surface area is 136 Å². The average molecular weight is 304 g/mol. The Balaban J connectivity index is 2.27. The molecule has 0 saturated heterocycles. The first-order valence-corrected chi connectivity index (χ1v) is 7.67. The van der Waals surface area contributed by atoms with Crippen molar-refractivity contribution < 1.29 is 10.2 Å². The predicted molar refractivity (Wildman–Crippen MR) is 92.9 cm³/mol. The van der Waals surface area contributed by atoms with Gasteiger partial charge in [-0.25, -0.2) is 0 Å². The van der Waals surface area contributed by atoms with E-state index in [-0.39, 0.29) is 16.9 Å². The van der Waals surface area contributed by atoms with Crippen molar-refractivity contribution in [2.45, 2.75) is 19.3 Å². The van der Waals surface area contributed by atoms with Gasteiger partial charge in [0.05, 0.1) is 0 Å². The third kappa shape index (κ3) is 2.68. The number of phenols is 2. The number of benzene rings is 3. The van der Waals surface area contributed by atoms with Gasteiger partial charge >= 0.3 is 0 Å². The van der Waals surface area contributed by atoms with Crippen molar-refractivity contribution in [3.8, 4) is 11.5 Å². The molecule has 116 valence electrons. The molecule has 0 aliphatic carbocycles. The normalized spacial score (nSPS) is 11.4. The molecule has 0 bridgehead atoms. The van der Waals surface area contributed by atoms with Crippen LogP contribution in [0.25, 0.3) is 0 Å². The van der Waals surface area contributed by atoms with Crippen LogP contribution in [0.1, 0.15) is 29.2 Å². The molecule has 0 atom stereocenters. The summed E-state index contributed by atoms with van der Waals surface area (Å²) in [4.78, 5) is 0. The lowest BCUT2D eigenvalue weighted by atomic mass is 9.70. The molecule has 0 saturated carbocycles. The zero-order valence-electron chi connectivity index (χ0n) is 13.3. The minimum Gasteiger partial charge on any atom is -0.508 e. The summed E-state index contributed by atoms with van der Waals surface area (Å²) in [6, 6.07) is 23.0. The zero-order chi connectivity index (χ0) is 16.4. The van der Waals surface area contributed by atoms with Gasteiger partial charge in [0, 0.05) is 5.41 Å². The van der Waals surface area contributed by atoms with Gasteiger partial charge in [0.1, 0.15) is 11.5 Å². The molecule has 0 amide bonds. The van der Waals surface area contributed by atoms with Gasteiger partial charge in [-0.2, -0.15) is 0 Å². The lowest BCUT2D eigenvalue weighted by molar-refractivity contribution is 0.474. The number of aromatic hydroxyl groups is 2. The number of hydrogen-bond donors (Lipinski definition) is 2. The lowest BCUT2D eigenvalue weighted by Crippen LogP contribution is -2.26. The van der Waals surface area contributed by atoms with Crippen molar-refractivity contribution in [2.24, 2.45) is 0 Å².